The van der Waals surface area contributed by atoms with Crippen molar-refractivity contribution in [3.05, 3.63) is 171 Å². The molecular weight excluding hydrogens is 1570 g/mol. The third-order valence-corrected chi connectivity index (χ3v) is 29.1. The van der Waals surface area contributed by atoms with E-state index in [2.05, 4.69) is 83.2 Å². The molecule has 0 saturated carbocycles. The molecule has 14 aliphatic heterocycles. The van der Waals surface area contributed by atoms with E-state index in [0.29, 0.717) is 96.0 Å². The van der Waals surface area contributed by atoms with Gasteiger partial charge in [-0.15, -0.1) is 33.6 Å². The van der Waals surface area contributed by atoms with Crippen LogP contribution in [0.3, 0.4) is 0 Å². The predicted molar refractivity (Wildman–Crippen MR) is 407 cm³/mol. The Morgan fingerprint density at radius 1 is 0.616 bits per heavy atom. The Labute approximate surface area is 669 Å². The van der Waals surface area contributed by atoms with Crippen molar-refractivity contribution < 1.29 is 104 Å². The number of nitrogens with one attached hydrogen (secondary N) is 2. The molecule has 2 aromatic heterocycles. The van der Waals surface area contributed by atoms with Gasteiger partial charge in [-0.2, -0.15) is 5.26 Å². The van der Waals surface area contributed by atoms with Crippen LogP contribution >= 0.6 is 23.5 Å². The molecule has 22 rings (SSSR count). The smallest absolute Gasteiger partial charge is 0.335 e. The van der Waals surface area contributed by atoms with Crippen LogP contribution in [-0.2, 0) is 78.2 Å². The summed E-state index contributed by atoms with van der Waals surface area (Å²) in [6, 6.07) is 18.7. The number of para-hydroxylation sites is 2. The fourth-order valence-electron chi connectivity index (χ4n) is 21.2. The van der Waals surface area contributed by atoms with Crippen molar-refractivity contribution in [2.24, 2.45) is 11.5 Å². The minimum absolute atomic E-state index is 0. The first-order valence-electron chi connectivity index (χ1n) is 37.5. The minimum Gasteiger partial charge on any atom is -0.504 e. The largest absolute Gasteiger partial charge is 0.504 e. The van der Waals surface area contributed by atoms with Gasteiger partial charge in [0, 0.05) is 132 Å². The van der Waals surface area contributed by atoms with Crippen LogP contribution in [0.1, 0.15) is 135 Å². The van der Waals surface area contributed by atoms with E-state index >= 15 is 0 Å². The van der Waals surface area contributed by atoms with Gasteiger partial charge in [0.25, 0.3) is 5.09 Å². The molecule has 10 N–H and O–H groups in total. The number of benzene rings is 6. The van der Waals surface area contributed by atoms with Gasteiger partial charge in [0.2, 0.25) is 13.6 Å². The number of methoxy groups -OCH3 is 2. The number of carbonyl (C=O) groups is 2. The summed E-state index contributed by atoms with van der Waals surface area (Å²) in [6.45, 7) is 13.0. The first kappa shape index (κ1) is 76.2. The number of aliphatic hydroxyl groups is 1. The SMILES string of the molecule is COc1c(C)cc2c(c1O)[C@@H]1[C@@H]3[C@@H]4SC[C@]5(N[C@@H](CN)Cc6c5oc5ccccc65)C(=O)OC[C@@H](c5c6c(c(C)c(C)c54)OCO6)N3[C@@H](C#N)[C@H](C2)N1C.COc1c(C)cc2c(c1O)[C@@H]1[C@@H]3[C@@H]4SC[C@]5(N[C@@H](CN)Cc6c5oc5ccccc65)C(=O)OC[C@@H](c5c6c(c(C)c(C)c54)OCO6)N3[C@@H](O)[C@H](C2)N1C.O=[N+]([O-])O.[Ag]. The van der Waals surface area contributed by atoms with Gasteiger partial charge in [-0.3, -0.25) is 30.2 Å². The monoisotopic (exact) mass is 1660 g/mol. The number of nitrogens with two attached hydrogens (primary N) is 2. The Morgan fingerprint density at radius 3 is 1.46 bits per heavy atom. The third kappa shape index (κ3) is 10.8. The molecule has 4 fully saturated rings. The first-order chi connectivity index (χ1) is 53.4. The van der Waals surface area contributed by atoms with E-state index in [1.165, 1.54) is 0 Å². The number of ether oxygens (including phenoxy) is 8. The Morgan fingerprint density at radius 2 is 1.03 bits per heavy atom. The molecule has 31 heteroatoms. The van der Waals surface area contributed by atoms with Crippen LogP contribution < -0.4 is 50.5 Å². The van der Waals surface area contributed by atoms with Gasteiger partial charge in [0.15, 0.2) is 57.1 Å². The van der Waals surface area contributed by atoms with Crippen molar-refractivity contribution in [3.63, 3.8) is 0 Å². The summed E-state index contributed by atoms with van der Waals surface area (Å²) in [5, 5.41) is 70.0. The molecule has 0 amide bonds. The number of hydrogen-bond donors (Lipinski definition) is 8. The maximum atomic E-state index is 14.9. The number of nitriles is 1. The number of likely N-dealkylation sites (N-methyl/N-ethyl adjacent to an activating group) is 2. The van der Waals surface area contributed by atoms with E-state index in [1.54, 1.807) is 37.7 Å². The Bertz CT molecular complexity index is 5300. The number of fused-ring (bicyclic) bond motifs is 22. The average Bonchev–Trinajstić information content (AvgIpc) is 0.936. The molecule has 6 aromatic carbocycles. The molecule has 16 atom stereocenters. The Balaban J connectivity index is 0.000000154. The summed E-state index contributed by atoms with van der Waals surface area (Å²) in [6.07, 6.45) is 1.39. The van der Waals surface area contributed by atoms with Gasteiger partial charge in [0.05, 0.1) is 50.5 Å². The van der Waals surface area contributed by atoms with E-state index in [-0.39, 0.29) is 131 Å². The number of esters is 2. The number of phenolic OH excluding ortho intramolecular Hbond substituents is 2. The molecule has 1 radical (unpaired) electrons. The summed E-state index contributed by atoms with van der Waals surface area (Å²) in [4.78, 5) is 47.1. The van der Waals surface area contributed by atoms with E-state index < -0.39 is 52.5 Å². The van der Waals surface area contributed by atoms with Crippen LogP contribution in [0.25, 0.3) is 21.9 Å². The number of carbonyl (C=O) groups excluding carboxylic acids is 2. The number of phenols is 2. The molecule has 28 nitrogen and oxygen atoms in total. The van der Waals surface area contributed by atoms with Gasteiger partial charge < -0.3 is 78.7 Å². The van der Waals surface area contributed by atoms with Crippen molar-refractivity contribution in [3.8, 4) is 52.1 Å². The maximum absolute atomic E-state index is 14.9. The average molecular weight is 1660 g/mol. The van der Waals surface area contributed by atoms with E-state index in [0.717, 1.165) is 99.8 Å². The van der Waals surface area contributed by atoms with Gasteiger partial charge in [-0.25, -0.2) is 9.59 Å². The number of aliphatic hydroxyl groups excluding tert-OH is 1. The van der Waals surface area contributed by atoms with Gasteiger partial charge in [-0.05, 0) is 149 Å². The standard InChI is InChI=1S/C41H43N5O7S.C40H44N4O8S.Ag.HNO3/c1-18-10-21-11-25-26(14-43)46-27-15-50-40(48)41(39-24(12-22(13-42)44-41)23-8-6-7-9-28(23)53-39)16-54-38(29-19(2)20(3)36-37(31(27)29)52-17-51-36)33(46)32(45(25)4)30(21)34(47)35(18)49-5;1-17-10-20-11-24-38(46)44-25-14-49-39(47)40(37-23(12-21(13-41)42-40)22-8-6-7-9-26(22)52-37)15-53-36(27-18(2)19(3)34-35(29(25)27)51-16-50-34)31(44)30(43(24)4)28(20)32(45)33(17)48-5;;2-1(3)4/h6-10,22,25-27,32-33,38,44,47H,11-13,15-17,42H2,1-5H3;6-10,21,24-25,30-31,36,38,42,45-46H,11-16,41H2,1-5H3;;(H,2,3,4)/t22-,25+,26+,27+,32-,33-,38-,41-;21-,24+,25+,30-,31-,36-,38+,40-;;/m11../s1. The normalized spacial score (nSPS) is 30.1. The zero-order valence-electron chi connectivity index (χ0n) is 63.3. The molecule has 4 saturated heterocycles. The molecule has 8 bridgehead atoms. The van der Waals surface area contributed by atoms with Gasteiger partial charge in [0.1, 0.15) is 48.2 Å². The minimum atomic E-state index is -1.50. The number of thioether (sulfide) groups is 2. The fourth-order valence-corrected chi connectivity index (χ4v) is 24.7. The van der Waals surface area contributed by atoms with Crippen LogP contribution in [0.4, 0.5) is 0 Å². The topological polar surface area (TPSA) is 371 Å². The predicted octanol–water partition coefficient (Wildman–Crippen LogP) is 8.53. The molecule has 16 heterocycles. The van der Waals surface area contributed by atoms with Crippen molar-refractivity contribution >= 4 is 57.4 Å². The number of rotatable bonds is 4. The van der Waals surface area contributed by atoms with Crippen molar-refractivity contribution in [2.75, 3.05) is 79.7 Å². The molecule has 0 aliphatic carbocycles. The second kappa shape index (κ2) is 28.2. The number of nitrogens with zero attached hydrogens (tertiary/aromatic N) is 6. The zero-order valence-corrected chi connectivity index (χ0v) is 66.4. The summed E-state index contributed by atoms with van der Waals surface area (Å²) in [5.41, 5.74) is 26.8. The van der Waals surface area contributed by atoms with Crippen LogP contribution in [-0.4, -0.2) is 185 Å². The van der Waals surface area contributed by atoms with Crippen molar-refractivity contribution in [1.29, 1.82) is 5.26 Å². The van der Waals surface area contributed by atoms with Crippen LogP contribution in [0.15, 0.2) is 69.5 Å². The van der Waals surface area contributed by atoms with Crippen molar-refractivity contribution in [1.82, 2.24) is 30.2 Å². The van der Waals surface area contributed by atoms with Gasteiger partial charge in [-0.1, -0.05) is 48.5 Å². The summed E-state index contributed by atoms with van der Waals surface area (Å²) in [5.74, 6) is 4.58. The number of aromatic hydroxyl groups is 2. The Hall–Kier alpha value is -8.49. The molecule has 112 heavy (non-hydrogen) atoms. The molecule has 0 unspecified atom stereocenters. The number of aryl methyl sites for hydroxylation is 2. The second-order valence-electron chi connectivity index (χ2n) is 31.3. The molecular formula is C81H88AgN10O18S2. The van der Waals surface area contributed by atoms with Crippen LogP contribution in [0.5, 0.6) is 46.0 Å². The first-order valence-corrected chi connectivity index (χ1v) is 39.6. The van der Waals surface area contributed by atoms with Crippen molar-refractivity contribution in [2.45, 2.75) is 161 Å². The molecule has 8 aromatic rings. The number of hydrogen-bond acceptors (Lipinski definition) is 28. The fraction of sp³-hybridized carbons (Fsp3) is 0.469. The third-order valence-electron chi connectivity index (χ3n) is 26.1. The van der Waals surface area contributed by atoms with Gasteiger partial charge >= 0.3 is 11.9 Å². The van der Waals surface area contributed by atoms with E-state index in [9.17, 15) is 30.2 Å². The maximum Gasteiger partial charge on any atom is 0.335 e. The summed E-state index contributed by atoms with van der Waals surface area (Å²) < 4.78 is 62.6. The second-order valence-corrected chi connectivity index (χ2v) is 33.6. The van der Waals surface area contributed by atoms with E-state index in [4.69, 9.17) is 73.5 Å². The molecule has 2 spiro atoms. The summed E-state index contributed by atoms with van der Waals surface area (Å²) >= 11 is 3.29. The number of piperazine rings is 2. The summed E-state index contributed by atoms with van der Waals surface area (Å²) in [7, 11) is 7.27. The zero-order chi connectivity index (χ0) is 77.6. The molecule has 14 aliphatic rings. The molecule has 593 valence electrons. The van der Waals surface area contributed by atoms with E-state index in [1.807, 2.05) is 69.4 Å². The quantitative estimate of drug-likeness (QED) is 0.0354. The number of furan rings is 2. The Kier molecular flexibility index (Phi) is 19.2. The van der Waals surface area contributed by atoms with Crippen LogP contribution in [0, 0.1) is 63.0 Å². The van der Waals surface area contributed by atoms with Crippen LogP contribution in [0.2, 0.25) is 0 Å².